The Morgan fingerprint density at radius 1 is 1.17 bits per heavy atom. The van der Waals surface area contributed by atoms with Crippen molar-refractivity contribution in [1.29, 1.82) is 5.26 Å². The summed E-state index contributed by atoms with van der Waals surface area (Å²) in [7, 11) is 8.04. The Balaban J connectivity index is 1.71. The number of hydrogen-bond donors (Lipinski definition) is 0. The van der Waals surface area contributed by atoms with E-state index in [2.05, 4.69) is 35.4 Å². The van der Waals surface area contributed by atoms with E-state index in [-0.39, 0.29) is 0 Å². The van der Waals surface area contributed by atoms with Crippen LogP contribution in [0.25, 0.3) is 11.3 Å². The van der Waals surface area contributed by atoms with Gasteiger partial charge in [0.15, 0.2) is 0 Å². The molecule has 0 unspecified atom stereocenters. The van der Waals surface area contributed by atoms with Gasteiger partial charge in [0.25, 0.3) is 0 Å². The molecule has 0 amide bonds. The van der Waals surface area contributed by atoms with Crippen LogP contribution in [0.3, 0.4) is 0 Å². The van der Waals surface area contributed by atoms with E-state index in [9.17, 15) is 0 Å². The average Bonchev–Trinajstić information content (AvgIpc) is 3.02. The van der Waals surface area contributed by atoms with Crippen LogP contribution < -0.4 is 0 Å². The van der Waals surface area contributed by atoms with Gasteiger partial charge in [-0.2, -0.15) is 5.26 Å². The van der Waals surface area contributed by atoms with Crippen molar-refractivity contribution in [1.82, 2.24) is 19.9 Å². The monoisotopic (exact) mass is 347 g/mol. The lowest BCUT2D eigenvalue weighted by Gasteiger charge is -2.07. The predicted octanol–water partition coefficient (Wildman–Crippen LogP) is 3.15. The molecule has 0 atom stereocenters. The van der Waals surface area contributed by atoms with E-state index < -0.39 is 0 Å². The van der Waals surface area contributed by atoms with Crippen molar-refractivity contribution < 1.29 is 0 Å². The topological polar surface area (TPSA) is 57.7 Å². The van der Waals surface area contributed by atoms with E-state index in [1.54, 1.807) is 12.1 Å². The number of aryl methyl sites for hydroxylation is 1. The van der Waals surface area contributed by atoms with Crippen LogP contribution in [0.2, 0.25) is 0 Å². The highest BCUT2D eigenvalue weighted by Crippen LogP contribution is 2.22. The lowest BCUT2D eigenvalue weighted by molar-refractivity contribution is 0.438. The summed E-state index contributed by atoms with van der Waals surface area (Å²) >= 11 is 0. The maximum atomic E-state index is 8.82. The third-order valence-corrected chi connectivity index (χ3v) is 5.64. The zero-order valence-corrected chi connectivity index (χ0v) is 15.1. The van der Waals surface area contributed by atoms with Gasteiger partial charge < -0.3 is 4.90 Å². The first kappa shape index (κ1) is 17.9. The van der Waals surface area contributed by atoms with E-state index >= 15 is 0 Å². The molecule has 0 saturated heterocycles. The predicted molar refractivity (Wildman–Crippen MR) is 98.3 cm³/mol. The number of nitriles is 1. The molecule has 2 aromatic rings. The van der Waals surface area contributed by atoms with Crippen LogP contribution in [0.1, 0.15) is 12.0 Å². The second kappa shape index (κ2) is 9.60. The summed E-state index contributed by atoms with van der Waals surface area (Å²) < 4.78 is 1.89. The zero-order valence-electron chi connectivity index (χ0n) is 13.5. The molecule has 122 valence electrons. The summed E-state index contributed by atoms with van der Waals surface area (Å²) in [6, 6.07) is 9.53. The highest BCUT2D eigenvalue weighted by molar-refractivity contribution is 8.76. The molecule has 0 bridgehead atoms. The van der Waals surface area contributed by atoms with Crippen molar-refractivity contribution >= 4 is 21.6 Å². The van der Waals surface area contributed by atoms with Crippen molar-refractivity contribution in [3.63, 3.8) is 0 Å². The maximum absolute atomic E-state index is 8.82. The second-order valence-electron chi connectivity index (χ2n) is 5.36. The van der Waals surface area contributed by atoms with Gasteiger partial charge in [-0.15, -0.1) is 5.10 Å². The zero-order chi connectivity index (χ0) is 16.5. The van der Waals surface area contributed by atoms with Gasteiger partial charge >= 0.3 is 0 Å². The Kier molecular flexibility index (Phi) is 7.46. The van der Waals surface area contributed by atoms with Crippen LogP contribution in [0.5, 0.6) is 0 Å². The quantitative estimate of drug-likeness (QED) is 0.513. The first-order valence-corrected chi connectivity index (χ1v) is 9.97. The first-order chi connectivity index (χ1) is 11.2. The van der Waals surface area contributed by atoms with Crippen LogP contribution in [0.4, 0.5) is 0 Å². The Hall–Kier alpha value is -1.49. The lowest BCUT2D eigenvalue weighted by atomic mass is 10.1. The molecule has 1 heterocycles. The Labute approximate surface area is 145 Å². The standard InChI is InChI=1S/C16H21N5S2/c1-20(2)9-11-23-22-10-3-8-21-13-16(18-19-21)15-6-4-14(12-17)5-7-15/h4-7,13H,3,8-11H2,1-2H3. The van der Waals surface area contributed by atoms with E-state index in [0.29, 0.717) is 5.56 Å². The minimum absolute atomic E-state index is 0.657. The van der Waals surface area contributed by atoms with Gasteiger partial charge in [0, 0.05) is 30.2 Å². The number of aromatic nitrogens is 3. The van der Waals surface area contributed by atoms with Gasteiger partial charge in [0.05, 0.1) is 17.8 Å². The minimum atomic E-state index is 0.657. The van der Waals surface area contributed by atoms with Crippen LogP contribution in [0, 0.1) is 11.3 Å². The van der Waals surface area contributed by atoms with Gasteiger partial charge in [0.2, 0.25) is 0 Å². The summed E-state index contributed by atoms with van der Waals surface area (Å²) in [4.78, 5) is 2.20. The van der Waals surface area contributed by atoms with E-state index in [1.165, 1.54) is 0 Å². The Morgan fingerprint density at radius 2 is 1.91 bits per heavy atom. The summed E-state index contributed by atoms with van der Waals surface area (Å²) in [5.74, 6) is 2.27. The summed E-state index contributed by atoms with van der Waals surface area (Å²) in [5, 5.41) is 17.2. The first-order valence-electron chi connectivity index (χ1n) is 7.49. The number of hydrogen-bond acceptors (Lipinski definition) is 6. The lowest BCUT2D eigenvalue weighted by Crippen LogP contribution is -2.14. The Morgan fingerprint density at radius 3 is 2.61 bits per heavy atom. The van der Waals surface area contributed by atoms with Crippen molar-refractivity contribution in [3.8, 4) is 17.3 Å². The molecule has 5 nitrogen and oxygen atoms in total. The molecule has 0 aliphatic heterocycles. The fourth-order valence-electron chi connectivity index (χ4n) is 1.88. The average molecular weight is 348 g/mol. The van der Waals surface area contributed by atoms with Gasteiger partial charge in [-0.1, -0.05) is 38.9 Å². The van der Waals surface area contributed by atoms with Crippen molar-refractivity contribution in [2.45, 2.75) is 13.0 Å². The summed E-state index contributed by atoms with van der Waals surface area (Å²) in [5.41, 5.74) is 2.50. The van der Waals surface area contributed by atoms with Crippen molar-refractivity contribution in [2.75, 3.05) is 32.1 Å². The smallest absolute Gasteiger partial charge is 0.113 e. The molecule has 0 aliphatic carbocycles. The number of benzene rings is 1. The van der Waals surface area contributed by atoms with Crippen LogP contribution >= 0.6 is 21.6 Å². The van der Waals surface area contributed by atoms with Crippen LogP contribution in [-0.2, 0) is 6.54 Å². The normalized spacial score (nSPS) is 10.9. The molecule has 0 saturated carbocycles. The van der Waals surface area contributed by atoms with Crippen molar-refractivity contribution in [2.24, 2.45) is 0 Å². The van der Waals surface area contributed by atoms with E-state index in [0.717, 1.165) is 42.3 Å². The molecular formula is C16H21N5S2. The molecule has 0 fully saturated rings. The molecule has 7 heteroatoms. The van der Waals surface area contributed by atoms with E-state index in [4.69, 9.17) is 5.26 Å². The molecule has 0 aliphatic rings. The highest BCUT2D eigenvalue weighted by atomic mass is 33.1. The van der Waals surface area contributed by atoms with Gasteiger partial charge in [-0.05, 0) is 32.6 Å². The summed E-state index contributed by atoms with van der Waals surface area (Å²) in [6.07, 6.45) is 3.04. The molecule has 0 N–H and O–H groups in total. The molecule has 2 rings (SSSR count). The molecular weight excluding hydrogens is 326 g/mol. The second-order valence-corrected chi connectivity index (χ2v) is 8.06. The fourth-order valence-corrected chi connectivity index (χ4v) is 4.09. The van der Waals surface area contributed by atoms with Crippen LogP contribution in [0.15, 0.2) is 30.5 Å². The maximum Gasteiger partial charge on any atom is 0.113 e. The fraction of sp³-hybridized carbons (Fsp3) is 0.438. The van der Waals surface area contributed by atoms with Gasteiger partial charge in [-0.3, -0.25) is 4.68 Å². The van der Waals surface area contributed by atoms with E-state index in [1.807, 2.05) is 44.6 Å². The largest absolute Gasteiger partial charge is 0.309 e. The number of rotatable bonds is 9. The minimum Gasteiger partial charge on any atom is -0.309 e. The molecule has 23 heavy (non-hydrogen) atoms. The third-order valence-electron chi connectivity index (χ3n) is 3.17. The molecule has 0 spiro atoms. The molecule has 1 aromatic carbocycles. The number of nitrogens with zero attached hydrogens (tertiary/aromatic N) is 5. The van der Waals surface area contributed by atoms with Crippen LogP contribution in [-0.4, -0.2) is 52.0 Å². The molecule has 0 radical (unpaired) electrons. The Bertz CT molecular complexity index is 631. The third kappa shape index (κ3) is 6.26. The van der Waals surface area contributed by atoms with Crippen molar-refractivity contribution in [3.05, 3.63) is 36.0 Å². The van der Waals surface area contributed by atoms with Gasteiger partial charge in [-0.25, -0.2) is 0 Å². The van der Waals surface area contributed by atoms with Gasteiger partial charge in [0.1, 0.15) is 5.69 Å². The molecule has 1 aromatic heterocycles. The summed E-state index contributed by atoms with van der Waals surface area (Å²) in [6.45, 7) is 2.00. The highest BCUT2D eigenvalue weighted by Gasteiger charge is 2.04. The SMILES string of the molecule is CN(C)CCSSCCCn1cc(-c2ccc(C#N)cc2)nn1.